The highest BCUT2D eigenvalue weighted by atomic mass is 19.4. The molecular weight excluding hydrogens is 287 g/mol. The zero-order chi connectivity index (χ0) is 15.9. The number of carbonyl (C=O) groups excluding carboxylic acids is 1. The van der Waals surface area contributed by atoms with Crippen molar-refractivity contribution in [2.75, 3.05) is 20.3 Å². The van der Waals surface area contributed by atoms with Crippen LogP contribution in [-0.2, 0) is 14.3 Å². The summed E-state index contributed by atoms with van der Waals surface area (Å²) in [4.78, 5) is 12.1. The molecule has 1 saturated carbocycles. The Morgan fingerprint density at radius 2 is 2.14 bits per heavy atom. The monoisotopic (exact) mass is 311 g/mol. The first-order valence-electron chi connectivity index (χ1n) is 7.37. The average Bonchev–Trinajstić information content (AvgIpc) is 2.43. The summed E-state index contributed by atoms with van der Waals surface area (Å²) < 4.78 is 46.8. The molecule has 0 bridgehead atoms. The van der Waals surface area contributed by atoms with Gasteiger partial charge in [-0.05, 0) is 39.7 Å². The van der Waals surface area contributed by atoms with Crippen LogP contribution in [0, 0.1) is 0 Å². The van der Waals surface area contributed by atoms with E-state index < -0.39 is 18.1 Å². The van der Waals surface area contributed by atoms with Crippen LogP contribution in [-0.4, -0.2) is 44.0 Å². The Hall–Kier alpha value is -0.820. The fourth-order valence-electron chi connectivity index (χ4n) is 2.67. The number of esters is 1. The lowest BCUT2D eigenvalue weighted by Gasteiger charge is -2.38. The van der Waals surface area contributed by atoms with Gasteiger partial charge in [0, 0.05) is 19.4 Å². The van der Waals surface area contributed by atoms with Gasteiger partial charge in [0.25, 0.3) is 0 Å². The maximum absolute atomic E-state index is 12.1. The minimum atomic E-state index is -4.14. The smallest absolute Gasteiger partial charge is 0.389 e. The van der Waals surface area contributed by atoms with Gasteiger partial charge in [-0.2, -0.15) is 13.2 Å². The summed E-state index contributed by atoms with van der Waals surface area (Å²) in [5.41, 5.74) is -0.775. The van der Waals surface area contributed by atoms with E-state index >= 15 is 0 Å². The van der Waals surface area contributed by atoms with Crippen molar-refractivity contribution < 1.29 is 27.4 Å². The van der Waals surface area contributed by atoms with Crippen molar-refractivity contribution in [2.45, 2.75) is 63.3 Å². The number of likely N-dealkylation sites (N-methyl/N-ethyl adjacent to an activating group) is 1. The van der Waals surface area contributed by atoms with Crippen LogP contribution in [0.25, 0.3) is 0 Å². The van der Waals surface area contributed by atoms with Crippen molar-refractivity contribution in [3.8, 4) is 0 Å². The highest BCUT2D eigenvalue weighted by Gasteiger charge is 2.43. The molecule has 0 heterocycles. The van der Waals surface area contributed by atoms with Gasteiger partial charge in [-0.25, -0.2) is 0 Å². The molecule has 2 unspecified atom stereocenters. The van der Waals surface area contributed by atoms with Gasteiger partial charge in [0.05, 0.1) is 12.7 Å². The Morgan fingerprint density at radius 3 is 2.71 bits per heavy atom. The Balaban J connectivity index is 2.45. The van der Waals surface area contributed by atoms with E-state index in [1.165, 1.54) is 0 Å². The fourth-order valence-corrected chi connectivity index (χ4v) is 2.67. The van der Waals surface area contributed by atoms with Crippen molar-refractivity contribution in [3.63, 3.8) is 0 Å². The lowest BCUT2D eigenvalue weighted by atomic mass is 9.80. The van der Waals surface area contributed by atoms with Gasteiger partial charge >= 0.3 is 12.1 Å². The second-order valence-electron chi connectivity index (χ2n) is 5.36. The lowest BCUT2D eigenvalue weighted by molar-refractivity contribution is -0.155. The molecule has 7 heteroatoms. The Kier molecular flexibility index (Phi) is 6.93. The zero-order valence-corrected chi connectivity index (χ0v) is 12.6. The molecule has 0 amide bonds. The predicted octanol–water partition coefficient (Wildman–Crippen LogP) is 2.81. The molecule has 0 aromatic heterocycles. The highest BCUT2D eigenvalue weighted by Crippen LogP contribution is 2.31. The quantitative estimate of drug-likeness (QED) is 0.580. The minimum Gasteiger partial charge on any atom is -0.465 e. The number of halogens is 3. The number of rotatable bonds is 7. The predicted molar refractivity (Wildman–Crippen MR) is 71.9 cm³/mol. The third-order valence-corrected chi connectivity index (χ3v) is 3.81. The molecule has 1 rings (SSSR count). The van der Waals surface area contributed by atoms with Crippen LogP contribution in [0.2, 0.25) is 0 Å². The number of ether oxygens (including phenoxy) is 2. The summed E-state index contributed by atoms with van der Waals surface area (Å²) in [5.74, 6) is -0.309. The van der Waals surface area contributed by atoms with E-state index in [4.69, 9.17) is 9.47 Å². The first-order chi connectivity index (χ1) is 9.83. The molecule has 0 radical (unpaired) electrons. The summed E-state index contributed by atoms with van der Waals surface area (Å²) >= 11 is 0. The van der Waals surface area contributed by atoms with Crippen molar-refractivity contribution in [3.05, 3.63) is 0 Å². The van der Waals surface area contributed by atoms with Crippen molar-refractivity contribution in [1.82, 2.24) is 5.32 Å². The van der Waals surface area contributed by atoms with Crippen LogP contribution in [0.15, 0.2) is 0 Å². The molecule has 0 aromatic carbocycles. The molecule has 0 aromatic rings. The first-order valence-corrected chi connectivity index (χ1v) is 7.37. The maximum atomic E-state index is 12.1. The summed E-state index contributed by atoms with van der Waals surface area (Å²) in [7, 11) is 1.70. The molecule has 21 heavy (non-hydrogen) atoms. The molecule has 124 valence electrons. The molecule has 0 spiro atoms. The van der Waals surface area contributed by atoms with Gasteiger partial charge in [-0.1, -0.05) is 0 Å². The summed E-state index contributed by atoms with van der Waals surface area (Å²) in [6, 6.07) is 0. The Bertz CT molecular complexity index is 336. The molecule has 4 nitrogen and oxygen atoms in total. The van der Waals surface area contributed by atoms with E-state index in [9.17, 15) is 18.0 Å². The maximum Gasteiger partial charge on any atom is 0.389 e. The van der Waals surface area contributed by atoms with Gasteiger partial charge in [0.15, 0.2) is 0 Å². The molecule has 1 aliphatic rings. The number of carbonyl (C=O) groups is 1. The molecule has 0 saturated heterocycles. The second kappa shape index (κ2) is 7.98. The average molecular weight is 311 g/mol. The van der Waals surface area contributed by atoms with Crippen LogP contribution in [0.4, 0.5) is 13.2 Å². The molecular formula is C14H24F3NO3. The SMILES string of the molecule is CCOC(=O)C1(NC)CCCC(OCCCC(F)(F)F)C1. The molecule has 2 atom stereocenters. The molecule has 0 aliphatic heterocycles. The van der Waals surface area contributed by atoms with Crippen LogP contribution >= 0.6 is 0 Å². The van der Waals surface area contributed by atoms with Crippen LogP contribution in [0.3, 0.4) is 0 Å². The van der Waals surface area contributed by atoms with Gasteiger partial charge in [-0.15, -0.1) is 0 Å². The van der Waals surface area contributed by atoms with Crippen molar-refractivity contribution in [1.29, 1.82) is 0 Å². The van der Waals surface area contributed by atoms with Gasteiger partial charge in [0.2, 0.25) is 0 Å². The normalized spacial score (nSPS) is 26.6. The number of nitrogens with one attached hydrogen (secondary N) is 1. The number of hydrogen-bond donors (Lipinski definition) is 1. The van der Waals surface area contributed by atoms with Gasteiger partial charge in [-0.3, -0.25) is 4.79 Å². The highest BCUT2D eigenvalue weighted by molar-refractivity contribution is 5.81. The molecule has 1 N–H and O–H groups in total. The van der Waals surface area contributed by atoms with Crippen molar-refractivity contribution >= 4 is 5.97 Å². The largest absolute Gasteiger partial charge is 0.465 e. The van der Waals surface area contributed by atoms with E-state index in [0.29, 0.717) is 19.4 Å². The zero-order valence-electron chi connectivity index (χ0n) is 12.6. The van der Waals surface area contributed by atoms with Crippen molar-refractivity contribution in [2.24, 2.45) is 0 Å². The van der Waals surface area contributed by atoms with Crippen LogP contribution in [0.5, 0.6) is 0 Å². The van der Waals surface area contributed by atoms with Crippen LogP contribution in [0.1, 0.15) is 45.4 Å². The standard InChI is InChI=1S/C14H24F3NO3/c1-3-20-12(19)13(18-2)7-4-6-11(10-13)21-9-5-8-14(15,16)17/h11,18H,3-10H2,1-2H3. The topological polar surface area (TPSA) is 47.6 Å². The van der Waals surface area contributed by atoms with Crippen LogP contribution < -0.4 is 5.32 Å². The summed E-state index contributed by atoms with van der Waals surface area (Å²) in [5, 5.41) is 3.01. The number of alkyl halides is 3. The van der Waals surface area contributed by atoms with E-state index in [-0.39, 0.29) is 25.1 Å². The van der Waals surface area contributed by atoms with E-state index in [2.05, 4.69) is 5.32 Å². The van der Waals surface area contributed by atoms with E-state index in [1.807, 2.05) is 0 Å². The van der Waals surface area contributed by atoms with Gasteiger partial charge < -0.3 is 14.8 Å². The molecule has 1 aliphatic carbocycles. The fraction of sp³-hybridized carbons (Fsp3) is 0.929. The summed E-state index contributed by atoms with van der Waals surface area (Å²) in [6.07, 6.45) is -2.60. The second-order valence-corrected chi connectivity index (χ2v) is 5.36. The third-order valence-electron chi connectivity index (χ3n) is 3.81. The van der Waals surface area contributed by atoms with Gasteiger partial charge in [0.1, 0.15) is 5.54 Å². The van der Waals surface area contributed by atoms with E-state index in [0.717, 1.165) is 12.8 Å². The first kappa shape index (κ1) is 18.2. The lowest BCUT2D eigenvalue weighted by Crippen LogP contribution is -2.55. The van der Waals surface area contributed by atoms with E-state index in [1.54, 1.807) is 14.0 Å². The summed E-state index contributed by atoms with van der Waals surface area (Å²) in [6.45, 7) is 2.11. The Morgan fingerprint density at radius 1 is 1.43 bits per heavy atom. The Labute approximate surface area is 123 Å². The number of hydrogen-bond acceptors (Lipinski definition) is 4. The molecule has 1 fully saturated rings. The minimum absolute atomic E-state index is 0.0496. The third kappa shape index (κ3) is 5.82.